The van der Waals surface area contributed by atoms with Crippen molar-refractivity contribution in [2.24, 2.45) is 0 Å². The SMILES string of the molecule is CC1(C)c2cc(-c3cc(-c4ccc5ccccc5c4)cc(-c4ccc5cc4/C=C\C=C\c4ccccc4-5)c3)ccc2-c2ccc(-c3ccc4ccccc4c3)cc21. The Morgan fingerprint density at radius 1 is 0.281 bits per heavy atom. The van der Waals surface area contributed by atoms with Crippen molar-refractivity contribution in [1.29, 1.82) is 0 Å². The van der Waals surface area contributed by atoms with Gasteiger partial charge in [-0.05, 0) is 159 Å². The zero-order valence-corrected chi connectivity index (χ0v) is 32.1. The maximum Gasteiger partial charge on any atom is 0.0159 e. The zero-order valence-electron chi connectivity index (χ0n) is 32.1. The molecule has 0 saturated carbocycles. The minimum atomic E-state index is -0.157. The van der Waals surface area contributed by atoms with Crippen LogP contribution < -0.4 is 0 Å². The van der Waals surface area contributed by atoms with E-state index in [9.17, 15) is 0 Å². The molecular weight excluding hydrogens is 685 g/mol. The predicted octanol–water partition coefficient (Wildman–Crippen LogP) is 15.7. The number of hydrogen-bond acceptors (Lipinski definition) is 0. The van der Waals surface area contributed by atoms with Crippen LogP contribution in [-0.2, 0) is 5.41 Å². The Morgan fingerprint density at radius 2 is 0.719 bits per heavy atom. The highest BCUT2D eigenvalue weighted by atomic mass is 14.4. The normalized spacial score (nSPS) is 14.6. The van der Waals surface area contributed by atoms with Crippen LogP contribution in [0.1, 0.15) is 36.1 Å². The summed E-state index contributed by atoms with van der Waals surface area (Å²) in [6.45, 7) is 4.78. The van der Waals surface area contributed by atoms with Gasteiger partial charge in [0.05, 0.1) is 0 Å². The Kier molecular flexibility index (Phi) is 7.63. The highest BCUT2D eigenvalue weighted by Gasteiger charge is 2.36. The highest BCUT2D eigenvalue weighted by Crippen LogP contribution is 2.51. The van der Waals surface area contributed by atoms with E-state index in [-0.39, 0.29) is 5.41 Å². The molecule has 268 valence electrons. The summed E-state index contributed by atoms with van der Waals surface area (Å²) in [5, 5.41) is 5.04. The van der Waals surface area contributed by atoms with Crippen LogP contribution in [0.2, 0.25) is 0 Å². The molecule has 2 aliphatic carbocycles. The highest BCUT2D eigenvalue weighted by molar-refractivity contribution is 5.93. The van der Waals surface area contributed by atoms with Crippen molar-refractivity contribution in [2.75, 3.05) is 0 Å². The summed E-state index contributed by atoms with van der Waals surface area (Å²) in [7, 11) is 0. The van der Waals surface area contributed by atoms with Crippen molar-refractivity contribution in [2.45, 2.75) is 19.3 Å². The van der Waals surface area contributed by atoms with Crippen molar-refractivity contribution in [3.05, 3.63) is 216 Å². The largest absolute Gasteiger partial charge is 0.0616 e. The first-order valence-corrected chi connectivity index (χ1v) is 20.0. The predicted molar refractivity (Wildman–Crippen MR) is 244 cm³/mol. The molecule has 0 aromatic heterocycles. The van der Waals surface area contributed by atoms with Crippen molar-refractivity contribution >= 4 is 33.7 Å². The molecule has 0 fully saturated rings. The van der Waals surface area contributed by atoms with Gasteiger partial charge in [-0.3, -0.25) is 0 Å². The van der Waals surface area contributed by atoms with Crippen LogP contribution in [0.4, 0.5) is 0 Å². The number of fused-ring (bicyclic) bond motifs is 9. The minimum Gasteiger partial charge on any atom is -0.0616 e. The summed E-state index contributed by atoms with van der Waals surface area (Å²) in [5.41, 5.74) is 20.0. The van der Waals surface area contributed by atoms with Crippen LogP contribution in [0.15, 0.2) is 194 Å². The zero-order chi connectivity index (χ0) is 38.1. The van der Waals surface area contributed by atoms with Crippen LogP contribution in [0.25, 0.3) is 100 Å². The molecule has 9 aromatic carbocycles. The van der Waals surface area contributed by atoms with Crippen LogP contribution in [-0.4, -0.2) is 0 Å². The molecule has 9 aromatic rings. The van der Waals surface area contributed by atoms with Gasteiger partial charge < -0.3 is 0 Å². The van der Waals surface area contributed by atoms with Gasteiger partial charge in [0.15, 0.2) is 0 Å². The fourth-order valence-electron chi connectivity index (χ4n) is 9.31. The lowest BCUT2D eigenvalue weighted by molar-refractivity contribution is 0.661. The quantitative estimate of drug-likeness (QED) is 0.170. The summed E-state index contributed by atoms with van der Waals surface area (Å²) in [4.78, 5) is 0. The molecule has 0 radical (unpaired) electrons. The summed E-state index contributed by atoms with van der Waals surface area (Å²) in [6.07, 6.45) is 8.79. The van der Waals surface area contributed by atoms with E-state index in [1.54, 1.807) is 0 Å². The van der Waals surface area contributed by atoms with Gasteiger partial charge in [-0.25, -0.2) is 0 Å². The molecule has 0 saturated heterocycles. The number of hydrogen-bond donors (Lipinski definition) is 0. The van der Waals surface area contributed by atoms with E-state index in [1.807, 2.05) is 0 Å². The summed E-state index contributed by atoms with van der Waals surface area (Å²) in [6, 6.07) is 67.9. The Morgan fingerprint density at radius 3 is 1.37 bits per heavy atom. The first-order valence-electron chi connectivity index (χ1n) is 20.0. The van der Waals surface area contributed by atoms with E-state index in [4.69, 9.17) is 0 Å². The summed E-state index contributed by atoms with van der Waals surface area (Å²) < 4.78 is 0. The van der Waals surface area contributed by atoms with Gasteiger partial charge in [0.25, 0.3) is 0 Å². The topological polar surface area (TPSA) is 0 Å². The number of rotatable bonds is 4. The second kappa shape index (κ2) is 13.0. The first kappa shape index (κ1) is 33.3. The summed E-state index contributed by atoms with van der Waals surface area (Å²) in [5.74, 6) is 0. The fourth-order valence-corrected chi connectivity index (χ4v) is 9.31. The van der Waals surface area contributed by atoms with Gasteiger partial charge in [-0.2, -0.15) is 0 Å². The van der Waals surface area contributed by atoms with Crippen molar-refractivity contribution in [3.8, 4) is 66.8 Å². The van der Waals surface area contributed by atoms with Gasteiger partial charge in [-0.15, -0.1) is 0 Å². The number of allylic oxidation sites excluding steroid dienone is 2. The van der Waals surface area contributed by atoms with Crippen molar-refractivity contribution < 1.29 is 0 Å². The Labute approximate surface area is 334 Å². The van der Waals surface area contributed by atoms with Gasteiger partial charge in [0, 0.05) is 5.41 Å². The molecule has 2 bridgehead atoms. The third-order valence-corrected chi connectivity index (χ3v) is 12.4. The monoisotopic (exact) mass is 724 g/mol. The minimum absolute atomic E-state index is 0.157. The molecule has 0 aliphatic heterocycles. The molecule has 0 unspecified atom stereocenters. The lowest BCUT2D eigenvalue weighted by atomic mass is 9.80. The molecule has 0 heteroatoms. The first-order chi connectivity index (χ1) is 28.0. The third kappa shape index (κ3) is 5.68. The van der Waals surface area contributed by atoms with Crippen molar-refractivity contribution in [3.63, 3.8) is 0 Å². The Balaban J connectivity index is 1.04. The molecule has 0 spiro atoms. The Bertz CT molecular complexity index is 3150. The van der Waals surface area contributed by atoms with E-state index in [0.717, 1.165) is 0 Å². The standard InChI is InChI=1S/C57H40/c1-57(2)55-35-44(42-21-19-37-11-3-6-15-40(37)29-42)23-27-53(55)54-28-24-45(36-56(54)57)49-32-48(43-22-20-38-12-4-7-16-41(38)30-43)33-50(34-49)52-26-25-47-31-46(52)17-8-5-13-39-14-9-10-18-51(39)47/h3-36H,1-2H3/b13-5+,17-8-. The molecule has 0 N–H and O–H groups in total. The lowest BCUT2D eigenvalue weighted by Crippen LogP contribution is -2.15. The van der Waals surface area contributed by atoms with Crippen LogP contribution in [0.3, 0.4) is 0 Å². The maximum atomic E-state index is 2.46. The van der Waals surface area contributed by atoms with Gasteiger partial charge in [0.1, 0.15) is 0 Å². The average Bonchev–Trinajstić information content (AvgIpc) is 3.52. The van der Waals surface area contributed by atoms with E-state index in [1.165, 1.54) is 111 Å². The van der Waals surface area contributed by atoms with Gasteiger partial charge >= 0.3 is 0 Å². The van der Waals surface area contributed by atoms with E-state index in [2.05, 4.69) is 220 Å². The average molecular weight is 725 g/mol. The lowest BCUT2D eigenvalue weighted by Gasteiger charge is -2.23. The molecule has 2 aliphatic rings. The van der Waals surface area contributed by atoms with Gasteiger partial charge in [-0.1, -0.05) is 172 Å². The van der Waals surface area contributed by atoms with E-state index in [0.29, 0.717) is 0 Å². The molecule has 11 rings (SSSR count). The molecular formula is C57H40. The van der Waals surface area contributed by atoms with Crippen LogP contribution in [0.5, 0.6) is 0 Å². The fraction of sp³-hybridized carbons (Fsp3) is 0.0526. The Hall–Kier alpha value is -7.02. The van der Waals surface area contributed by atoms with Crippen molar-refractivity contribution in [1.82, 2.24) is 0 Å². The maximum absolute atomic E-state index is 2.46. The second-order valence-electron chi connectivity index (χ2n) is 16.2. The molecule has 57 heavy (non-hydrogen) atoms. The molecule has 0 nitrogen and oxygen atoms in total. The number of benzene rings is 9. The van der Waals surface area contributed by atoms with E-state index < -0.39 is 0 Å². The smallest absolute Gasteiger partial charge is 0.0159 e. The molecule has 0 amide bonds. The molecule has 0 heterocycles. The summed E-state index contributed by atoms with van der Waals surface area (Å²) >= 11 is 0. The van der Waals surface area contributed by atoms with Crippen LogP contribution >= 0.6 is 0 Å². The van der Waals surface area contributed by atoms with Crippen LogP contribution in [0, 0.1) is 0 Å². The van der Waals surface area contributed by atoms with Gasteiger partial charge in [0.2, 0.25) is 0 Å². The van der Waals surface area contributed by atoms with E-state index >= 15 is 0 Å². The second-order valence-corrected chi connectivity index (χ2v) is 16.2. The third-order valence-electron chi connectivity index (χ3n) is 12.4. The molecule has 0 atom stereocenters.